The molecule has 3 N–H and O–H groups in total. The maximum absolute atomic E-state index is 13.2. The molecular formula is C24H22ClN5O4. The number of aromatic nitrogens is 2. The number of primary amides is 1. The Morgan fingerprint density at radius 2 is 1.82 bits per heavy atom. The summed E-state index contributed by atoms with van der Waals surface area (Å²) in [5.41, 5.74) is 6.91. The summed E-state index contributed by atoms with van der Waals surface area (Å²) < 4.78 is 0. The van der Waals surface area contributed by atoms with Gasteiger partial charge < -0.3 is 11.1 Å². The van der Waals surface area contributed by atoms with Crippen LogP contribution < -0.4 is 15.9 Å². The van der Waals surface area contributed by atoms with E-state index in [1.165, 1.54) is 4.90 Å². The molecular weight excluding hydrogens is 458 g/mol. The van der Waals surface area contributed by atoms with E-state index >= 15 is 0 Å². The lowest BCUT2D eigenvalue weighted by molar-refractivity contribution is -0.125. The van der Waals surface area contributed by atoms with E-state index in [1.54, 1.807) is 24.3 Å². The lowest BCUT2D eigenvalue weighted by Crippen LogP contribution is -2.50. The van der Waals surface area contributed by atoms with Crippen molar-refractivity contribution in [3.63, 3.8) is 0 Å². The van der Waals surface area contributed by atoms with Crippen LogP contribution in [0.2, 0.25) is 5.02 Å². The van der Waals surface area contributed by atoms with Crippen LogP contribution in [0.25, 0.3) is 10.9 Å². The number of nitrogens with one attached hydrogen (secondary N) is 1. The number of carbonyl (C=O) groups excluding carboxylic acids is 3. The molecule has 1 saturated heterocycles. The monoisotopic (exact) mass is 479 g/mol. The Morgan fingerprint density at radius 1 is 1.06 bits per heavy atom. The van der Waals surface area contributed by atoms with Crippen LogP contribution in [0.5, 0.6) is 0 Å². The van der Waals surface area contributed by atoms with Gasteiger partial charge in [0.25, 0.3) is 5.91 Å². The zero-order chi connectivity index (χ0) is 23.6. The minimum atomic E-state index is -0.718. The van der Waals surface area contributed by atoms with Gasteiger partial charge in [-0.1, -0.05) is 52.8 Å². The maximum atomic E-state index is 13.2. The van der Waals surface area contributed by atoms with Crippen molar-refractivity contribution in [2.24, 2.45) is 11.7 Å². The highest BCUT2D eigenvalue weighted by Gasteiger charge is 2.57. The number of hydrogen-bond donors (Lipinski definition) is 2. The largest absolute Gasteiger partial charge is 0.436 e. The molecule has 2 heterocycles. The molecule has 3 aliphatic rings. The number of likely N-dealkylation sites (tertiary alicyclic amines) is 1. The van der Waals surface area contributed by atoms with Crippen LogP contribution in [0.4, 0.5) is 4.79 Å². The van der Waals surface area contributed by atoms with Crippen LogP contribution in [0.3, 0.4) is 0 Å². The quantitative estimate of drug-likeness (QED) is 0.582. The van der Waals surface area contributed by atoms with Gasteiger partial charge in [-0.3, -0.25) is 19.3 Å². The number of benzene rings is 2. The molecule has 3 amide bonds. The topological polar surface area (TPSA) is 120 Å². The highest BCUT2D eigenvalue weighted by Crippen LogP contribution is 2.49. The Balaban J connectivity index is 1.17. The van der Waals surface area contributed by atoms with E-state index in [4.69, 9.17) is 22.2 Å². The predicted octanol–water partition coefficient (Wildman–Crippen LogP) is 2.47. The molecule has 1 aliphatic heterocycles. The second kappa shape index (κ2) is 7.73. The van der Waals surface area contributed by atoms with Crippen LogP contribution in [0, 0.1) is 5.92 Å². The van der Waals surface area contributed by atoms with E-state index in [1.807, 2.05) is 24.3 Å². The van der Waals surface area contributed by atoms with E-state index in [0.29, 0.717) is 22.3 Å². The summed E-state index contributed by atoms with van der Waals surface area (Å²) in [6.07, 6.45) is 1.58. The lowest BCUT2D eigenvalue weighted by atomic mass is 10.1. The predicted molar refractivity (Wildman–Crippen MR) is 123 cm³/mol. The van der Waals surface area contributed by atoms with Gasteiger partial charge in [-0.2, -0.15) is 0 Å². The summed E-state index contributed by atoms with van der Waals surface area (Å²) in [5.74, 6) is -0.440. The van der Waals surface area contributed by atoms with Crippen molar-refractivity contribution in [3.8, 4) is 0 Å². The van der Waals surface area contributed by atoms with Crippen molar-refractivity contribution >= 4 is 40.4 Å². The van der Waals surface area contributed by atoms with Crippen molar-refractivity contribution in [2.45, 2.75) is 43.3 Å². The molecule has 2 aliphatic carbocycles. The molecule has 0 spiro atoms. The molecule has 34 heavy (non-hydrogen) atoms. The first-order chi connectivity index (χ1) is 16.4. The summed E-state index contributed by atoms with van der Waals surface area (Å²) >= 11 is 6.30. The van der Waals surface area contributed by atoms with Crippen LogP contribution in [0.1, 0.15) is 41.2 Å². The van der Waals surface area contributed by atoms with Crippen molar-refractivity contribution in [1.82, 2.24) is 20.2 Å². The average molecular weight is 480 g/mol. The molecule has 2 aromatic carbocycles. The molecule has 1 unspecified atom stereocenters. The van der Waals surface area contributed by atoms with Gasteiger partial charge in [-0.15, -0.1) is 5.10 Å². The third kappa shape index (κ3) is 3.47. The Bertz CT molecular complexity index is 1340. The fourth-order valence-corrected chi connectivity index (χ4v) is 5.39. The minimum absolute atomic E-state index is 0.00428. The third-order valence-corrected chi connectivity index (χ3v) is 7.34. The van der Waals surface area contributed by atoms with E-state index < -0.39 is 18.0 Å². The van der Waals surface area contributed by atoms with Crippen molar-refractivity contribution < 1.29 is 19.2 Å². The lowest BCUT2D eigenvalue weighted by Gasteiger charge is -2.25. The van der Waals surface area contributed by atoms with E-state index in [2.05, 4.69) is 10.4 Å². The van der Waals surface area contributed by atoms with Crippen LogP contribution in [-0.2, 0) is 4.79 Å². The Hall–Kier alpha value is -3.59. The van der Waals surface area contributed by atoms with Crippen LogP contribution in [-0.4, -0.2) is 50.9 Å². The molecule has 3 aromatic rings. The van der Waals surface area contributed by atoms with Crippen molar-refractivity contribution in [3.05, 3.63) is 64.8 Å². The molecule has 2 saturated carbocycles. The Morgan fingerprint density at radius 3 is 2.62 bits per heavy atom. The molecule has 1 aromatic heterocycles. The molecule has 6 rings (SSSR count). The summed E-state index contributed by atoms with van der Waals surface area (Å²) in [5, 5.41) is 8.34. The number of carbonyl (C=O) groups is 3. The number of piperidine rings is 1. The summed E-state index contributed by atoms with van der Waals surface area (Å²) in [6, 6.07) is 13.8. The van der Waals surface area contributed by atoms with Crippen LogP contribution in [0.15, 0.2) is 48.5 Å². The van der Waals surface area contributed by atoms with E-state index in [-0.39, 0.29) is 35.5 Å². The molecule has 0 bridgehead atoms. The number of amides is 3. The number of hydrogen-bond acceptors (Lipinski definition) is 5. The van der Waals surface area contributed by atoms with Gasteiger partial charge >= 0.3 is 6.09 Å². The highest BCUT2D eigenvalue weighted by molar-refractivity contribution is 6.31. The Kier molecular flexibility index (Phi) is 4.77. The maximum Gasteiger partial charge on any atom is 0.436 e. The van der Waals surface area contributed by atoms with Gasteiger partial charge in [0.05, 0.1) is 0 Å². The summed E-state index contributed by atoms with van der Waals surface area (Å²) in [4.78, 5) is 46.1. The second-order valence-electron chi connectivity index (χ2n) is 9.16. The zero-order valence-electron chi connectivity index (χ0n) is 18.1. The number of rotatable bonds is 5. The van der Waals surface area contributed by atoms with Crippen molar-refractivity contribution in [1.29, 1.82) is 0 Å². The van der Waals surface area contributed by atoms with Gasteiger partial charge in [-0.25, -0.2) is 4.79 Å². The number of nitrogens with two attached hydrogens (primary N) is 1. The molecule has 10 heteroatoms. The van der Waals surface area contributed by atoms with E-state index in [0.717, 1.165) is 23.3 Å². The average Bonchev–Trinajstić information content (AvgIpc) is 3.69. The van der Waals surface area contributed by atoms with Gasteiger partial charge in [0, 0.05) is 28.4 Å². The Labute approximate surface area is 199 Å². The van der Waals surface area contributed by atoms with Crippen LogP contribution >= 0.6 is 11.6 Å². The molecule has 3 fully saturated rings. The van der Waals surface area contributed by atoms with Gasteiger partial charge in [0.15, 0.2) is 5.69 Å². The summed E-state index contributed by atoms with van der Waals surface area (Å²) in [7, 11) is 0. The zero-order valence-corrected chi connectivity index (χ0v) is 18.8. The van der Waals surface area contributed by atoms with Gasteiger partial charge in [0.1, 0.15) is 11.6 Å². The summed E-state index contributed by atoms with van der Waals surface area (Å²) in [6.45, 7) is 0. The molecule has 174 valence electrons. The SMILES string of the molecule is NC(=O)c1nn(OC(=O)N2[C@@H]3CC3C[C@H]2C(=O)N[C@@H]2C[C@H]2c2ccccc2Cl)c2ccccc12. The van der Waals surface area contributed by atoms with Gasteiger partial charge in [-0.05, 0) is 42.9 Å². The smallest absolute Gasteiger partial charge is 0.364 e. The van der Waals surface area contributed by atoms with Crippen molar-refractivity contribution in [2.75, 3.05) is 0 Å². The number of para-hydroxylation sites is 1. The second-order valence-corrected chi connectivity index (χ2v) is 9.57. The fourth-order valence-electron chi connectivity index (χ4n) is 5.12. The highest BCUT2D eigenvalue weighted by atomic mass is 35.5. The molecule has 9 nitrogen and oxygen atoms in total. The van der Waals surface area contributed by atoms with Gasteiger partial charge in [0.2, 0.25) is 5.91 Å². The number of nitrogens with zero attached hydrogens (tertiary/aromatic N) is 3. The first-order valence-corrected chi connectivity index (χ1v) is 11.6. The number of fused-ring (bicyclic) bond motifs is 2. The normalized spacial score (nSPS) is 26.7. The standard InChI is InChI=1S/C24H22ClN5O4/c25-16-7-3-1-5-13(16)15-11-17(15)27-23(32)20-10-12-9-19(12)29(20)24(33)34-30-18-8-4-2-6-14(18)21(28-30)22(26)31/h1-8,12,15,17,19-20H,9-11H2,(H2,26,31)(H,27,32)/t12?,15-,17+,19+,20-/m0/s1. The first-order valence-electron chi connectivity index (χ1n) is 11.3. The third-order valence-electron chi connectivity index (χ3n) is 6.99. The minimum Gasteiger partial charge on any atom is -0.364 e. The fraction of sp³-hybridized carbons (Fsp3) is 0.333. The molecule has 0 radical (unpaired) electrons. The molecule has 5 atom stereocenters. The number of halogens is 1. The van der Waals surface area contributed by atoms with E-state index in [9.17, 15) is 14.4 Å². The first kappa shape index (κ1) is 21.0.